The molecular formula is C22H30N2. The Hall–Kier alpha value is -1.31. The van der Waals surface area contributed by atoms with Crippen LogP contribution >= 0.6 is 0 Å². The molecule has 5 rings (SSSR count). The highest BCUT2D eigenvalue weighted by atomic mass is 15.1. The Kier molecular flexibility index (Phi) is 3.18. The second kappa shape index (κ2) is 5.09. The van der Waals surface area contributed by atoms with E-state index in [1.54, 1.807) is 5.57 Å². The lowest BCUT2D eigenvalue weighted by molar-refractivity contribution is -0.0169. The second-order valence-corrected chi connectivity index (χ2v) is 9.35. The molecule has 0 aliphatic heterocycles. The average Bonchev–Trinajstić information content (AvgIpc) is 3.23. The van der Waals surface area contributed by atoms with Crippen LogP contribution in [0.25, 0.3) is 0 Å². The first kappa shape index (κ1) is 15.0. The van der Waals surface area contributed by atoms with E-state index < -0.39 is 0 Å². The number of rotatable bonds is 1. The maximum absolute atomic E-state index is 4.26. The number of hydrogen-bond donors (Lipinski definition) is 0. The number of hydrogen-bond acceptors (Lipinski definition) is 1. The fraction of sp³-hybridized carbons (Fsp3) is 0.682. The summed E-state index contributed by atoms with van der Waals surface area (Å²) in [5, 5.41) is 0. The van der Waals surface area contributed by atoms with Gasteiger partial charge in [0.15, 0.2) is 0 Å². The van der Waals surface area contributed by atoms with Crippen LogP contribution in [0.4, 0.5) is 0 Å². The monoisotopic (exact) mass is 322 g/mol. The van der Waals surface area contributed by atoms with Crippen LogP contribution in [0.5, 0.6) is 0 Å². The van der Waals surface area contributed by atoms with E-state index in [1.165, 1.54) is 44.9 Å². The molecule has 2 saturated carbocycles. The summed E-state index contributed by atoms with van der Waals surface area (Å²) in [6.07, 6.45) is 23.2. The topological polar surface area (TPSA) is 17.8 Å². The lowest BCUT2D eigenvalue weighted by Crippen LogP contribution is -2.48. The highest BCUT2D eigenvalue weighted by Gasteiger charge is 2.54. The van der Waals surface area contributed by atoms with E-state index in [-0.39, 0.29) is 0 Å². The molecule has 1 aromatic rings. The molecule has 1 aromatic heterocycles. The molecule has 6 atom stereocenters. The smallest absolute Gasteiger partial charge is 0.0948 e. The van der Waals surface area contributed by atoms with E-state index in [0.717, 1.165) is 17.8 Å². The second-order valence-electron chi connectivity index (χ2n) is 9.35. The Labute approximate surface area is 146 Å². The van der Waals surface area contributed by atoms with Crippen LogP contribution in [0.15, 0.2) is 42.5 Å². The third-order valence-electron chi connectivity index (χ3n) is 8.35. The van der Waals surface area contributed by atoms with Crippen molar-refractivity contribution < 1.29 is 0 Å². The van der Waals surface area contributed by atoms with Crippen LogP contribution in [0.2, 0.25) is 0 Å². The number of nitrogens with zero attached hydrogens (tertiary/aromatic N) is 2. The Bertz CT molecular complexity index is 685. The molecule has 4 aliphatic rings. The van der Waals surface area contributed by atoms with Crippen molar-refractivity contribution in [3.05, 3.63) is 42.5 Å². The molecule has 1 unspecified atom stereocenters. The minimum Gasteiger partial charge on any atom is -0.334 e. The first-order chi connectivity index (χ1) is 11.6. The van der Waals surface area contributed by atoms with Crippen molar-refractivity contribution in [3.63, 3.8) is 0 Å². The normalized spacial score (nSPS) is 46.8. The van der Waals surface area contributed by atoms with Gasteiger partial charge in [0.25, 0.3) is 0 Å². The van der Waals surface area contributed by atoms with Crippen molar-refractivity contribution in [2.45, 2.75) is 64.8 Å². The van der Waals surface area contributed by atoms with Crippen LogP contribution in [0, 0.1) is 28.6 Å². The highest BCUT2D eigenvalue weighted by Crippen LogP contribution is 2.64. The summed E-state index contributed by atoms with van der Waals surface area (Å²) in [6.45, 7) is 5.12. The van der Waals surface area contributed by atoms with Crippen LogP contribution < -0.4 is 0 Å². The van der Waals surface area contributed by atoms with Crippen LogP contribution in [0.1, 0.15) is 64.8 Å². The minimum atomic E-state index is 0.462. The number of allylic oxidation sites excluding steroid dienone is 4. The molecule has 0 aromatic carbocycles. The van der Waals surface area contributed by atoms with Gasteiger partial charge in [0.1, 0.15) is 0 Å². The van der Waals surface area contributed by atoms with Crippen molar-refractivity contribution in [1.82, 2.24) is 9.55 Å². The van der Waals surface area contributed by atoms with E-state index in [4.69, 9.17) is 0 Å². The predicted octanol–water partition coefficient (Wildman–Crippen LogP) is 5.55. The van der Waals surface area contributed by atoms with E-state index in [0.29, 0.717) is 16.9 Å². The summed E-state index contributed by atoms with van der Waals surface area (Å²) in [7, 11) is 0. The Morgan fingerprint density at radius 3 is 2.88 bits per heavy atom. The van der Waals surface area contributed by atoms with Crippen molar-refractivity contribution in [2.24, 2.45) is 28.6 Å². The van der Waals surface area contributed by atoms with Gasteiger partial charge in [-0.15, -0.1) is 0 Å². The Morgan fingerprint density at radius 1 is 1.12 bits per heavy atom. The van der Waals surface area contributed by atoms with E-state index in [2.05, 4.69) is 47.8 Å². The van der Waals surface area contributed by atoms with Gasteiger partial charge < -0.3 is 4.57 Å². The summed E-state index contributed by atoms with van der Waals surface area (Å²) in [4.78, 5) is 4.26. The van der Waals surface area contributed by atoms with Crippen molar-refractivity contribution in [1.29, 1.82) is 0 Å². The van der Waals surface area contributed by atoms with E-state index in [9.17, 15) is 0 Å². The Morgan fingerprint density at radius 2 is 2.04 bits per heavy atom. The summed E-state index contributed by atoms with van der Waals surface area (Å²) < 4.78 is 2.34. The predicted molar refractivity (Wildman–Crippen MR) is 97.5 cm³/mol. The number of aromatic nitrogens is 2. The van der Waals surface area contributed by atoms with Crippen LogP contribution in [-0.4, -0.2) is 9.55 Å². The number of fused-ring (bicyclic) bond motifs is 5. The lowest BCUT2D eigenvalue weighted by atomic mass is 9.48. The summed E-state index contributed by atoms with van der Waals surface area (Å²) in [6, 6.07) is 0.630. The quantitative estimate of drug-likeness (QED) is 0.620. The largest absolute Gasteiger partial charge is 0.334 e. The molecule has 0 spiro atoms. The van der Waals surface area contributed by atoms with Gasteiger partial charge in [-0.25, -0.2) is 4.98 Å². The molecule has 0 saturated heterocycles. The van der Waals surface area contributed by atoms with Gasteiger partial charge in [-0.3, -0.25) is 0 Å². The zero-order chi connectivity index (χ0) is 16.4. The first-order valence-electron chi connectivity index (χ1n) is 9.95. The third kappa shape index (κ3) is 1.98. The van der Waals surface area contributed by atoms with Gasteiger partial charge in [0.2, 0.25) is 0 Å². The molecule has 2 fully saturated rings. The molecule has 0 bridgehead atoms. The van der Waals surface area contributed by atoms with Crippen molar-refractivity contribution in [3.8, 4) is 0 Å². The molecule has 128 valence electrons. The summed E-state index contributed by atoms with van der Waals surface area (Å²) in [5.74, 6) is 2.73. The number of imidazole rings is 1. The van der Waals surface area contributed by atoms with Gasteiger partial charge in [-0.2, -0.15) is 0 Å². The van der Waals surface area contributed by atoms with Crippen molar-refractivity contribution in [2.75, 3.05) is 0 Å². The molecule has 1 heterocycles. The van der Waals surface area contributed by atoms with E-state index in [1.807, 2.05) is 12.5 Å². The standard InChI is InChI=1S/C22H30N2/c1-21-9-3-4-19(21)18-6-5-16-14-17(24-13-12-23-15-24)7-11-22(16,2)20(18)8-10-21/h3,5,9,12-13,15,17-20H,4,6-8,10-11,14H2,1-2H3/t17?,18-,19-,20-,21-,22-/m0/s1. The SMILES string of the molecule is C[C@@]12C=CC[C@H]1[C@@H]1CC=C3CC(n4ccnc4)CC[C@]3(C)[C@H]1CC2. The van der Waals surface area contributed by atoms with Gasteiger partial charge in [0.05, 0.1) is 6.33 Å². The average molecular weight is 322 g/mol. The maximum Gasteiger partial charge on any atom is 0.0948 e. The fourth-order valence-electron chi connectivity index (χ4n) is 6.86. The summed E-state index contributed by atoms with van der Waals surface area (Å²) in [5.41, 5.74) is 2.73. The van der Waals surface area contributed by atoms with Crippen LogP contribution in [-0.2, 0) is 0 Å². The van der Waals surface area contributed by atoms with Crippen molar-refractivity contribution >= 4 is 0 Å². The zero-order valence-electron chi connectivity index (χ0n) is 15.1. The fourth-order valence-corrected chi connectivity index (χ4v) is 6.86. The molecule has 4 aliphatic carbocycles. The lowest BCUT2D eigenvalue weighted by Gasteiger charge is -2.57. The van der Waals surface area contributed by atoms with Crippen LogP contribution in [0.3, 0.4) is 0 Å². The third-order valence-corrected chi connectivity index (χ3v) is 8.35. The first-order valence-corrected chi connectivity index (χ1v) is 9.95. The molecule has 0 N–H and O–H groups in total. The molecule has 0 amide bonds. The summed E-state index contributed by atoms with van der Waals surface area (Å²) >= 11 is 0. The molecule has 0 radical (unpaired) electrons. The van der Waals surface area contributed by atoms with Gasteiger partial charge in [0, 0.05) is 18.4 Å². The van der Waals surface area contributed by atoms with Gasteiger partial charge in [-0.05, 0) is 73.5 Å². The molecule has 2 heteroatoms. The highest BCUT2D eigenvalue weighted by molar-refractivity contribution is 5.27. The zero-order valence-corrected chi connectivity index (χ0v) is 15.1. The van der Waals surface area contributed by atoms with E-state index >= 15 is 0 Å². The van der Waals surface area contributed by atoms with Gasteiger partial charge >= 0.3 is 0 Å². The minimum absolute atomic E-state index is 0.462. The molecule has 24 heavy (non-hydrogen) atoms. The molecular weight excluding hydrogens is 292 g/mol. The van der Waals surface area contributed by atoms with Gasteiger partial charge in [-0.1, -0.05) is 37.6 Å². The molecule has 2 nitrogen and oxygen atoms in total. The maximum atomic E-state index is 4.26. The Balaban J connectivity index is 1.44.